The zero-order chi connectivity index (χ0) is 12.3. The summed E-state index contributed by atoms with van der Waals surface area (Å²) in [6, 6.07) is 5.20. The summed E-state index contributed by atoms with van der Waals surface area (Å²) < 4.78 is 5.30. The van der Waals surface area contributed by atoms with Gasteiger partial charge < -0.3 is 4.74 Å². The third-order valence-corrected chi connectivity index (χ3v) is 2.67. The number of hydrogen-bond acceptors (Lipinski definition) is 2. The number of carbonyl (C=O) groups excluding carboxylic acids is 1. The van der Waals surface area contributed by atoms with E-state index in [-0.39, 0.29) is 5.97 Å². The lowest BCUT2D eigenvalue weighted by Gasteiger charge is -2.20. The first-order valence-corrected chi connectivity index (χ1v) is 6.41. The fourth-order valence-electron chi connectivity index (χ4n) is 1.19. The van der Waals surface area contributed by atoms with Crippen molar-refractivity contribution in [2.24, 2.45) is 0 Å². The van der Waals surface area contributed by atoms with E-state index in [9.17, 15) is 4.79 Å². The standard InChI is InChI=1S/C12H14BrClO2/c1-12(2,3)16-11(15)10-6-9(14)5-4-8(10)7-13/h4-6H,7H2,1-3H3. The van der Waals surface area contributed by atoms with Gasteiger partial charge in [0.1, 0.15) is 5.60 Å². The Kier molecular flexibility index (Phi) is 4.39. The number of benzene rings is 1. The Labute approximate surface area is 109 Å². The molecule has 0 unspecified atom stereocenters. The molecule has 16 heavy (non-hydrogen) atoms. The first-order valence-electron chi connectivity index (χ1n) is 4.91. The molecule has 0 fully saturated rings. The average molecular weight is 306 g/mol. The molecule has 0 aliphatic carbocycles. The van der Waals surface area contributed by atoms with E-state index in [4.69, 9.17) is 16.3 Å². The predicted octanol–water partition coefficient (Wildman–Crippen LogP) is 4.19. The van der Waals surface area contributed by atoms with Gasteiger partial charge in [0.2, 0.25) is 0 Å². The number of carbonyl (C=O) groups is 1. The molecule has 2 nitrogen and oxygen atoms in total. The van der Waals surface area contributed by atoms with Crippen molar-refractivity contribution in [3.05, 3.63) is 34.3 Å². The third-order valence-electron chi connectivity index (χ3n) is 1.83. The van der Waals surface area contributed by atoms with Gasteiger partial charge in [0.25, 0.3) is 0 Å². The van der Waals surface area contributed by atoms with Gasteiger partial charge in [-0.25, -0.2) is 4.79 Å². The summed E-state index contributed by atoms with van der Waals surface area (Å²) in [7, 11) is 0. The molecule has 0 aromatic heterocycles. The van der Waals surface area contributed by atoms with Gasteiger partial charge in [-0.05, 0) is 38.5 Å². The first kappa shape index (κ1) is 13.5. The first-order chi connectivity index (χ1) is 7.33. The van der Waals surface area contributed by atoms with Crippen LogP contribution < -0.4 is 0 Å². The second-order valence-electron chi connectivity index (χ2n) is 4.44. The number of halogens is 2. The minimum atomic E-state index is -0.497. The van der Waals surface area contributed by atoms with Crippen LogP contribution >= 0.6 is 27.5 Å². The number of ether oxygens (including phenoxy) is 1. The zero-order valence-corrected chi connectivity index (χ0v) is 11.9. The summed E-state index contributed by atoms with van der Waals surface area (Å²) in [6.07, 6.45) is 0. The highest BCUT2D eigenvalue weighted by Gasteiger charge is 2.20. The molecule has 88 valence electrons. The molecule has 0 bridgehead atoms. The van der Waals surface area contributed by atoms with E-state index >= 15 is 0 Å². The fourth-order valence-corrected chi connectivity index (χ4v) is 1.85. The molecule has 0 saturated carbocycles. The van der Waals surface area contributed by atoms with Gasteiger partial charge in [-0.3, -0.25) is 0 Å². The van der Waals surface area contributed by atoms with Crippen LogP contribution in [0.2, 0.25) is 5.02 Å². The monoisotopic (exact) mass is 304 g/mol. The highest BCUT2D eigenvalue weighted by atomic mass is 79.9. The maximum Gasteiger partial charge on any atom is 0.339 e. The molecule has 4 heteroatoms. The highest BCUT2D eigenvalue weighted by Crippen LogP contribution is 2.21. The highest BCUT2D eigenvalue weighted by molar-refractivity contribution is 9.08. The Hall–Kier alpha value is -0.540. The normalized spacial score (nSPS) is 11.3. The molecule has 0 amide bonds. The van der Waals surface area contributed by atoms with Crippen molar-refractivity contribution < 1.29 is 9.53 Å². The van der Waals surface area contributed by atoms with Gasteiger partial charge in [0, 0.05) is 10.4 Å². The van der Waals surface area contributed by atoms with Crippen LogP contribution in [0.5, 0.6) is 0 Å². The summed E-state index contributed by atoms with van der Waals surface area (Å²) in [5.74, 6) is -0.343. The maximum atomic E-state index is 11.9. The van der Waals surface area contributed by atoms with Crippen LogP contribution in [0.3, 0.4) is 0 Å². The number of hydrogen-bond donors (Lipinski definition) is 0. The molecule has 0 saturated heterocycles. The molecular formula is C12H14BrClO2. The summed E-state index contributed by atoms with van der Waals surface area (Å²) in [5.41, 5.74) is 0.890. The second kappa shape index (κ2) is 5.19. The van der Waals surface area contributed by atoms with E-state index in [0.717, 1.165) is 5.56 Å². The molecule has 0 heterocycles. The van der Waals surface area contributed by atoms with Gasteiger partial charge in [-0.2, -0.15) is 0 Å². The summed E-state index contributed by atoms with van der Waals surface area (Å²) in [5, 5.41) is 1.13. The Bertz CT molecular complexity index is 396. The Morgan fingerprint density at radius 3 is 2.56 bits per heavy atom. The minimum absolute atomic E-state index is 0.343. The Balaban J connectivity index is 3.02. The lowest BCUT2D eigenvalue weighted by molar-refractivity contribution is 0.00687. The molecule has 0 atom stereocenters. The van der Waals surface area contributed by atoms with Crippen LogP contribution in [0.1, 0.15) is 36.7 Å². The van der Waals surface area contributed by atoms with Crippen LogP contribution in [0.25, 0.3) is 0 Å². The van der Waals surface area contributed by atoms with Crippen molar-refractivity contribution in [3.8, 4) is 0 Å². The van der Waals surface area contributed by atoms with Crippen molar-refractivity contribution in [2.45, 2.75) is 31.7 Å². The van der Waals surface area contributed by atoms with E-state index in [1.165, 1.54) is 0 Å². The topological polar surface area (TPSA) is 26.3 Å². The largest absolute Gasteiger partial charge is 0.456 e. The van der Waals surface area contributed by atoms with E-state index in [2.05, 4.69) is 15.9 Å². The van der Waals surface area contributed by atoms with Gasteiger partial charge in [-0.15, -0.1) is 0 Å². The number of rotatable bonds is 2. The second-order valence-corrected chi connectivity index (χ2v) is 5.43. The molecule has 1 aromatic carbocycles. The molecule has 0 radical (unpaired) electrons. The molecular weight excluding hydrogens is 291 g/mol. The van der Waals surface area contributed by atoms with Crippen LogP contribution in [-0.2, 0) is 10.1 Å². The van der Waals surface area contributed by atoms with Gasteiger partial charge in [0.15, 0.2) is 0 Å². The molecule has 0 N–H and O–H groups in total. The van der Waals surface area contributed by atoms with E-state index in [1.807, 2.05) is 26.8 Å². The fraction of sp³-hybridized carbons (Fsp3) is 0.417. The van der Waals surface area contributed by atoms with Crippen molar-refractivity contribution in [1.82, 2.24) is 0 Å². The maximum absolute atomic E-state index is 11.9. The SMILES string of the molecule is CC(C)(C)OC(=O)c1cc(Cl)ccc1CBr. The lowest BCUT2D eigenvalue weighted by Crippen LogP contribution is -2.24. The van der Waals surface area contributed by atoms with Gasteiger partial charge in [-0.1, -0.05) is 33.6 Å². The third kappa shape index (κ3) is 3.80. The summed E-state index contributed by atoms with van der Waals surface area (Å²) >= 11 is 9.20. The van der Waals surface area contributed by atoms with Crippen molar-refractivity contribution >= 4 is 33.5 Å². The van der Waals surface area contributed by atoms with Crippen molar-refractivity contribution in [3.63, 3.8) is 0 Å². The molecule has 1 rings (SSSR count). The Morgan fingerprint density at radius 1 is 1.44 bits per heavy atom. The Morgan fingerprint density at radius 2 is 2.06 bits per heavy atom. The molecule has 0 aliphatic heterocycles. The zero-order valence-electron chi connectivity index (χ0n) is 9.51. The lowest BCUT2D eigenvalue weighted by atomic mass is 10.1. The molecule has 0 spiro atoms. The van der Waals surface area contributed by atoms with Gasteiger partial charge in [0.05, 0.1) is 5.56 Å². The quantitative estimate of drug-likeness (QED) is 0.605. The van der Waals surface area contributed by atoms with E-state index in [1.54, 1.807) is 12.1 Å². The summed E-state index contributed by atoms with van der Waals surface area (Å²) in [4.78, 5) is 11.9. The van der Waals surface area contributed by atoms with E-state index < -0.39 is 5.60 Å². The van der Waals surface area contributed by atoms with Crippen molar-refractivity contribution in [2.75, 3.05) is 0 Å². The van der Waals surface area contributed by atoms with Crippen LogP contribution in [0.15, 0.2) is 18.2 Å². The average Bonchev–Trinajstić information content (AvgIpc) is 2.15. The number of esters is 1. The predicted molar refractivity (Wildman–Crippen MR) is 69.3 cm³/mol. The van der Waals surface area contributed by atoms with Crippen molar-refractivity contribution in [1.29, 1.82) is 0 Å². The molecule has 0 aliphatic rings. The molecule has 1 aromatic rings. The smallest absolute Gasteiger partial charge is 0.339 e. The summed E-state index contributed by atoms with van der Waals surface area (Å²) in [6.45, 7) is 5.51. The van der Waals surface area contributed by atoms with Crippen LogP contribution in [0.4, 0.5) is 0 Å². The van der Waals surface area contributed by atoms with E-state index in [0.29, 0.717) is 15.9 Å². The van der Waals surface area contributed by atoms with Gasteiger partial charge >= 0.3 is 5.97 Å². The van der Waals surface area contributed by atoms with Crippen LogP contribution in [-0.4, -0.2) is 11.6 Å². The minimum Gasteiger partial charge on any atom is -0.456 e. The van der Waals surface area contributed by atoms with Crippen LogP contribution in [0, 0.1) is 0 Å². The number of alkyl halides is 1.